The average molecular weight is 241 g/mol. The first-order chi connectivity index (χ1) is 7.72. The lowest BCUT2D eigenvalue weighted by molar-refractivity contribution is 0.791. The monoisotopic (exact) mass is 240 g/mol. The fourth-order valence-electron chi connectivity index (χ4n) is 1.85. The van der Waals surface area contributed by atoms with Crippen molar-refractivity contribution in [2.24, 2.45) is 5.73 Å². The zero-order valence-corrected chi connectivity index (χ0v) is 10.9. The van der Waals surface area contributed by atoms with Gasteiger partial charge in [-0.15, -0.1) is 0 Å². The second kappa shape index (κ2) is 6.77. The summed E-state index contributed by atoms with van der Waals surface area (Å²) in [6.45, 7) is 7.04. The maximum atomic E-state index is 6.29. The number of nitrogens with zero attached hydrogens (tertiary/aromatic N) is 1. The second-order valence-corrected chi connectivity index (χ2v) is 4.31. The molecule has 0 aromatic heterocycles. The quantitative estimate of drug-likeness (QED) is 0.828. The van der Waals surface area contributed by atoms with E-state index in [1.807, 2.05) is 6.07 Å². The van der Waals surface area contributed by atoms with Crippen molar-refractivity contribution >= 4 is 17.3 Å². The van der Waals surface area contributed by atoms with E-state index in [-0.39, 0.29) is 0 Å². The molecule has 0 saturated carbocycles. The van der Waals surface area contributed by atoms with E-state index in [9.17, 15) is 0 Å². The number of halogens is 1. The van der Waals surface area contributed by atoms with Crippen LogP contribution in [0.15, 0.2) is 18.2 Å². The van der Waals surface area contributed by atoms with Crippen molar-refractivity contribution in [3.8, 4) is 0 Å². The Kier molecular flexibility index (Phi) is 5.64. The molecule has 0 atom stereocenters. The first kappa shape index (κ1) is 13.3. The molecule has 0 bridgehead atoms. The van der Waals surface area contributed by atoms with Gasteiger partial charge in [0.25, 0.3) is 0 Å². The fraction of sp³-hybridized carbons (Fsp3) is 0.538. The molecule has 0 aliphatic heterocycles. The maximum Gasteiger partial charge on any atom is 0.0642 e. The molecule has 1 aromatic carbocycles. The molecule has 0 fully saturated rings. The first-order valence-electron chi connectivity index (χ1n) is 5.96. The minimum atomic E-state index is 0.669. The lowest BCUT2D eigenvalue weighted by Gasteiger charge is -2.23. The fourth-order valence-corrected chi connectivity index (χ4v) is 2.17. The molecular formula is C13H21ClN2. The van der Waals surface area contributed by atoms with Gasteiger partial charge in [-0.25, -0.2) is 0 Å². The Balaban J connectivity index is 2.87. The Morgan fingerprint density at radius 3 is 2.56 bits per heavy atom. The van der Waals surface area contributed by atoms with Gasteiger partial charge in [0.15, 0.2) is 0 Å². The Hall–Kier alpha value is -0.730. The summed E-state index contributed by atoms with van der Waals surface area (Å²) >= 11 is 6.29. The van der Waals surface area contributed by atoms with E-state index in [1.54, 1.807) is 0 Å². The molecule has 0 amide bonds. The highest BCUT2D eigenvalue weighted by Crippen LogP contribution is 2.27. The van der Waals surface area contributed by atoms with Gasteiger partial charge >= 0.3 is 0 Å². The molecule has 1 aromatic rings. The highest BCUT2D eigenvalue weighted by Gasteiger charge is 2.08. The van der Waals surface area contributed by atoms with Gasteiger partial charge in [-0.3, -0.25) is 0 Å². The minimum Gasteiger partial charge on any atom is -0.371 e. The summed E-state index contributed by atoms with van der Waals surface area (Å²) in [5, 5.41) is 0.834. The van der Waals surface area contributed by atoms with Gasteiger partial charge in [0.1, 0.15) is 0 Å². The summed E-state index contributed by atoms with van der Waals surface area (Å²) in [5.74, 6) is 0. The lowest BCUT2D eigenvalue weighted by Crippen LogP contribution is -2.23. The Labute approximate surface area is 103 Å². The number of rotatable bonds is 6. The molecule has 2 N–H and O–H groups in total. The van der Waals surface area contributed by atoms with E-state index in [0.717, 1.165) is 36.6 Å². The zero-order valence-electron chi connectivity index (χ0n) is 10.2. The van der Waals surface area contributed by atoms with Gasteiger partial charge in [0.05, 0.1) is 10.7 Å². The van der Waals surface area contributed by atoms with Crippen LogP contribution in [0.2, 0.25) is 5.02 Å². The van der Waals surface area contributed by atoms with E-state index in [0.29, 0.717) is 6.54 Å². The molecule has 0 aliphatic rings. The van der Waals surface area contributed by atoms with Crippen molar-refractivity contribution in [2.75, 3.05) is 24.5 Å². The number of nitrogens with two attached hydrogens (primary N) is 1. The summed E-state index contributed by atoms with van der Waals surface area (Å²) in [6, 6.07) is 6.25. The van der Waals surface area contributed by atoms with Crippen LogP contribution in [0.3, 0.4) is 0 Å². The predicted molar refractivity (Wildman–Crippen MR) is 72.4 cm³/mol. The molecule has 2 nitrogen and oxygen atoms in total. The van der Waals surface area contributed by atoms with Crippen molar-refractivity contribution < 1.29 is 0 Å². The molecular weight excluding hydrogens is 220 g/mol. The number of anilines is 1. The third-order valence-corrected chi connectivity index (χ3v) is 2.96. The normalized spacial score (nSPS) is 10.5. The summed E-state index contributed by atoms with van der Waals surface area (Å²) in [6.07, 6.45) is 2.02. The standard InChI is InChI=1S/C13H21ClN2/c1-3-9-16(4-2)13-6-5-11(7-8-15)10-12(13)14/h5-6,10H,3-4,7-9,15H2,1-2H3. The number of hydrogen-bond acceptors (Lipinski definition) is 2. The van der Waals surface area contributed by atoms with Crippen molar-refractivity contribution in [1.29, 1.82) is 0 Å². The highest BCUT2D eigenvalue weighted by atomic mass is 35.5. The van der Waals surface area contributed by atoms with Crippen molar-refractivity contribution in [3.05, 3.63) is 28.8 Å². The number of benzene rings is 1. The summed E-state index contributed by atoms with van der Waals surface area (Å²) in [4.78, 5) is 2.30. The molecule has 0 heterocycles. The van der Waals surface area contributed by atoms with Gasteiger partial charge in [-0.2, -0.15) is 0 Å². The molecule has 0 aliphatic carbocycles. The third-order valence-electron chi connectivity index (χ3n) is 2.66. The molecule has 0 saturated heterocycles. The number of hydrogen-bond donors (Lipinski definition) is 1. The predicted octanol–water partition coefficient (Wildman–Crippen LogP) is 3.08. The molecule has 0 spiro atoms. The zero-order chi connectivity index (χ0) is 12.0. The smallest absolute Gasteiger partial charge is 0.0642 e. The summed E-state index contributed by atoms with van der Waals surface area (Å²) in [5.41, 5.74) is 7.87. The third kappa shape index (κ3) is 3.39. The highest BCUT2D eigenvalue weighted by molar-refractivity contribution is 6.33. The van der Waals surface area contributed by atoms with Crippen LogP contribution in [0.25, 0.3) is 0 Å². The van der Waals surface area contributed by atoms with Crippen LogP contribution in [-0.4, -0.2) is 19.6 Å². The van der Waals surface area contributed by atoms with Crippen LogP contribution in [0, 0.1) is 0 Å². The van der Waals surface area contributed by atoms with E-state index in [4.69, 9.17) is 17.3 Å². The maximum absolute atomic E-state index is 6.29. The van der Waals surface area contributed by atoms with E-state index < -0.39 is 0 Å². The van der Waals surface area contributed by atoms with Crippen molar-refractivity contribution in [2.45, 2.75) is 26.7 Å². The molecule has 3 heteroatoms. The molecule has 0 radical (unpaired) electrons. The summed E-state index contributed by atoms with van der Waals surface area (Å²) in [7, 11) is 0. The van der Waals surface area contributed by atoms with Crippen LogP contribution in [0.5, 0.6) is 0 Å². The van der Waals surface area contributed by atoms with E-state index >= 15 is 0 Å². The van der Waals surface area contributed by atoms with Gasteiger partial charge in [0.2, 0.25) is 0 Å². The van der Waals surface area contributed by atoms with Crippen molar-refractivity contribution in [3.63, 3.8) is 0 Å². The van der Waals surface area contributed by atoms with Crippen LogP contribution < -0.4 is 10.6 Å². The van der Waals surface area contributed by atoms with E-state index in [2.05, 4.69) is 30.9 Å². The van der Waals surface area contributed by atoms with Crippen LogP contribution in [-0.2, 0) is 6.42 Å². The largest absolute Gasteiger partial charge is 0.371 e. The molecule has 1 rings (SSSR count). The Morgan fingerprint density at radius 2 is 2.06 bits per heavy atom. The lowest BCUT2D eigenvalue weighted by atomic mass is 10.1. The second-order valence-electron chi connectivity index (χ2n) is 3.90. The van der Waals surface area contributed by atoms with Gasteiger partial charge in [0, 0.05) is 13.1 Å². The van der Waals surface area contributed by atoms with E-state index in [1.165, 1.54) is 5.56 Å². The minimum absolute atomic E-state index is 0.669. The molecule has 16 heavy (non-hydrogen) atoms. The molecule has 0 unspecified atom stereocenters. The van der Waals surface area contributed by atoms with Gasteiger partial charge in [-0.05, 0) is 44.0 Å². The van der Waals surface area contributed by atoms with Gasteiger partial charge in [-0.1, -0.05) is 24.6 Å². The van der Waals surface area contributed by atoms with Crippen LogP contribution in [0.1, 0.15) is 25.8 Å². The van der Waals surface area contributed by atoms with Crippen LogP contribution >= 0.6 is 11.6 Å². The van der Waals surface area contributed by atoms with Crippen molar-refractivity contribution in [1.82, 2.24) is 0 Å². The van der Waals surface area contributed by atoms with Gasteiger partial charge < -0.3 is 10.6 Å². The average Bonchev–Trinajstić information content (AvgIpc) is 2.27. The molecule has 90 valence electrons. The summed E-state index contributed by atoms with van der Waals surface area (Å²) < 4.78 is 0. The SMILES string of the molecule is CCCN(CC)c1ccc(CCN)cc1Cl. The Morgan fingerprint density at radius 1 is 1.31 bits per heavy atom. The topological polar surface area (TPSA) is 29.3 Å². The van der Waals surface area contributed by atoms with Crippen LogP contribution in [0.4, 0.5) is 5.69 Å². The first-order valence-corrected chi connectivity index (χ1v) is 6.34. The Bertz CT molecular complexity index is 326.